The van der Waals surface area contributed by atoms with Crippen LogP contribution < -0.4 is 15.5 Å². The zero-order valence-corrected chi connectivity index (χ0v) is 12.5. The van der Waals surface area contributed by atoms with Gasteiger partial charge in [-0.15, -0.1) is 10.2 Å². The zero-order valence-electron chi connectivity index (χ0n) is 12.5. The number of rotatable bonds is 3. The number of aromatic nitrogens is 2. The summed E-state index contributed by atoms with van der Waals surface area (Å²) in [5.41, 5.74) is 0.369. The highest BCUT2D eigenvalue weighted by molar-refractivity contribution is 5.91. The molecule has 0 aromatic carbocycles. The molecule has 0 bridgehead atoms. The Hall–Kier alpha value is -1.69. The lowest BCUT2D eigenvalue weighted by molar-refractivity contribution is 0.0957. The topological polar surface area (TPSA) is 70.2 Å². The Morgan fingerprint density at radius 1 is 1.29 bits per heavy atom. The molecule has 2 aliphatic rings. The minimum atomic E-state index is -0.193. The van der Waals surface area contributed by atoms with Crippen LogP contribution in [-0.2, 0) is 0 Å². The molecule has 0 spiro atoms. The molecule has 0 radical (unpaired) electrons. The predicted molar refractivity (Wildman–Crippen MR) is 81.4 cm³/mol. The van der Waals surface area contributed by atoms with Gasteiger partial charge < -0.3 is 15.5 Å². The van der Waals surface area contributed by atoms with E-state index in [0.29, 0.717) is 17.8 Å². The molecular weight excluding hydrogens is 266 g/mol. The number of hydrogen-bond acceptors (Lipinski definition) is 5. The minimum Gasteiger partial charge on any atom is -0.354 e. The molecule has 2 aliphatic heterocycles. The molecule has 0 saturated carbocycles. The van der Waals surface area contributed by atoms with Crippen LogP contribution in [0, 0.1) is 0 Å². The van der Waals surface area contributed by atoms with Crippen molar-refractivity contribution >= 4 is 11.7 Å². The Labute approximate surface area is 125 Å². The second-order valence-corrected chi connectivity index (χ2v) is 5.82. The molecule has 2 N–H and O–H groups in total. The monoisotopic (exact) mass is 289 g/mol. The van der Waals surface area contributed by atoms with E-state index in [-0.39, 0.29) is 5.91 Å². The van der Waals surface area contributed by atoms with Crippen molar-refractivity contribution in [3.8, 4) is 0 Å². The van der Waals surface area contributed by atoms with E-state index in [1.807, 2.05) is 6.07 Å². The molecule has 21 heavy (non-hydrogen) atoms. The Balaban J connectivity index is 1.77. The lowest BCUT2D eigenvalue weighted by Crippen LogP contribution is -2.50. The second kappa shape index (κ2) is 6.39. The van der Waals surface area contributed by atoms with Gasteiger partial charge in [0, 0.05) is 25.7 Å². The van der Waals surface area contributed by atoms with Crippen molar-refractivity contribution in [2.24, 2.45) is 0 Å². The largest absolute Gasteiger partial charge is 0.354 e. The fourth-order valence-electron chi connectivity index (χ4n) is 3.43. The normalized spacial score (nSPS) is 25.9. The number of piperidine rings is 1. The first kappa shape index (κ1) is 14.3. The summed E-state index contributed by atoms with van der Waals surface area (Å²) in [5.74, 6) is 0.697. The molecule has 3 rings (SSSR count). The fraction of sp³-hybridized carbons (Fsp3) is 0.667. The van der Waals surface area contributed by atoms with Gasteiger partial charge in [0.05, 0.1) is 0 Å². The van der Waals surface area contributed by atoms with Gasteiger partial charge in [-0.1, -0.05) is 0 Å². The second-order valence-electron chi connectivity index (χ2n) is 5.82. The first-order chi connectivity index (χ1) is 10.3. The smallest absolute Gasteiger partial charge is 0.271 e. The summed E-state index contributed by atoms with van der Waals surface area (Å²) in [7, 11) is 1.60. The molecule has 1 aromatic rings. The van der Waals surface area contributed by atoms with Crippen LogP contribution in [0.1, 0.15) is 42.6 Å². The third kappa shape index (κ3) is 3.00. The Bertz CT molecular complexity index is 483. The minimum absolute atomic E-state index is 0.193. The zero-order chi connectivity index (χ0) is 14.7. The van der Waals surface area contributed by atoms with E-state index in [9.17, 15) is 4.79 Å². The quantitative estimate of drug-likeness (QED) is 0.867. The summed E-state index contributed by atoms with van der Waals surface area (Å²) < 4.78 is 0. The van der Waals surface area contributed by atoms with Gasteiger partial charge in [0.15, 0.2) is 11.5 Å². The number of carbonyl (C=O) groups is 1. The van der Waals surface area contributed by atoms with E-state index < -0.39 is 0 Å². The molecule has 6 nitrogen and oxygen atoms in total. The molecule has 2 fully saturated rings. The van der Waals surface area contributed by atoms with Crippen LogP contribution in [-0.4, -0.2) is 48.3 Å². The Kier molecular flexibility index (Phi) is 4.34. The third-order valence-electron chi connectivity index (χ3n) is 4.52. The number of anilines is 1. The number of carbonyl (C=O) groups excluding carboxylic acids is 1. The van der Waals surface area contributed by atoms with Gasteiger partial charge in [-0.05, 0) is 50.8 Å². The third-order valence-corrected chi connectivity index (χ3v) is 4.52. The van der Waals surface area contributed by atoms with Crippen LogP contribution in [0.5, 0.6) is 0 Å². The van der Waals surface area contributed by atoms with Crippen LogP contribution in [0.25, 0.3) is 0 Å². The average molecular weight is 289 g/mol. The molecule has 2 saturated heterocycles. The Morgan fingerprint density at radius 2 is 2.19 bits per heavy atom. The van der Waals surface area contributed by atoms with Gasteiger partial charge in [0.1, 0.15) is 0 Å². The van der Waals surface area contributed by atoms with Crippen LogP contribution in [0.4, 0.5) is 5.82 Å². The molecule has 0 aliphatic carbocycles. The van der Waals surface area contributed by atoms with Gasteiger partial charge in [0.2, 0.25) is 0 Å². The molecule has 6 heteroatoms. The van der Waals surface area contributed by atoms with Gasteiger partial charge >= 0.3 is 0 Å². The summed E-state index contributed by atoms with van der Waals surface area (Å²) in [6.45, 7) is 2.15. The predicted octanol–water partition coefficient (Wildman–Crippen LogP) is 0.947. The molecular formula is C15H23N5O. The van der Waals surface area contributed by atoms with Gasteiger partial charge in [-0.2, -0.15) is 0 Å². The van der Waals surface area contributed by atoms with E-state index in [4.69, 9.17) is 0 Å². The number of hydrogen-bond donors (Lipinski definition) is 2. The SMILES string of the molecule is CNC(=O)c1ccc(N2CCCCC2C2CCCN2)nn1. The fourth-order valence-corrected chi connectivity index (χ4v) is 3.43. The number of nitrogens with zero attached hydrogens (tertiary/aromatic N) is 3. The molecule has 3 heterocycles. The van der Waals surface area contributed by atoms with Crippen molar-refractivity contribution in [2.75, 3.05) is 25.0 Å². The van der Waals surface area contributed by atoms with Crippen LogP contribution in [0.2, 0.25) is 0 Å². The van der Waals surface area contributed by atoms with Gasteiger partial charge in [-0.25, -0.2) is 0 Å². The highest BCUT2D eigenvalue weighted by atomic mass is 16.1. The van der Waals surface area contributed by atoms with E-state index in [0.717, 1.165) is 18.9 Å². The van der Waals surface area contributed by atoms with Crippen LogP contribution in [0.3, 0.4) is 0 Å². The summed E-state index contributed by atoms with van der Waals surface area (Å²) in [6.07, 6.45) is 6.18. The highest BCUT2D eigenvalue weighted by Gasteiger charge is 2.32. The molecule has 1 amide bonds. The van der Waals surface area contributed by atoms with Crippen molar-refractivity contribution in [2.45, 2.75) is 44.2 Å². The summed E-state index contributed by atoms with van der Waals surface area (Å²) in [4.78, 5) is 13.9. The number of amides is 1. The summed E-state index contributed by atoms with van der Waals surface area (Å²) in [5, 5.41) is 14.5. The van der Waals surface area contributed by atoms with E-state index in [1.165, 1.54) is 32.1 Å². The van der Waals surface area contributed by atoms with Crippen molar-refractivity contribution in [3.63, 3.8) is 0 Å². The average Bonchev–Trinajstić information content (AvgIpc) is 3.08. The molecule has 1 aromatic heterocycles. The maximum absolute atomic E-state index is 11.5. The maximum atomic E-state index is 11.5. The van der Waals surface area contributed by atoms with E-state index >= 15 is 0 Å². The van der Waals surface area contributed by atoms with Gasteiger partial charge in [0.25, 0.3) is 5.91 Å². The van der Waals surface area contributed by atoms with E-state index in [2.05, 4.69) is 25.7 Å². The van der Waals surface area contributed by atoms with E-state index in [1.54, 1.807) is 13.1 Å². The first-order valence-corrected chi connectivity index (χ1v) is 7.85. The van der Waals surface area contributed by atoms with Crippen molar-refractivity contribution in [1.29, 1.82) is 0 Å². The Morgan fingerprint density at radius 3 is 2.86 bits per heavy atom. The van der Waals surface area contributed by atoms with Crippen molar-refractivity contribution < 1.29 is 4.79 Å². The summed E-state index contributed by atoms with van der Waals surface area (Å²) in [6, 6.07) is 4.74. The molecule has 114 valence electrons. The number of nitrogens with one attached hydrogen (secondary N) is 2. The van der Waals surface area contributed by atoms with Crippen molar-refractivity contribution in [3.05, 3.63) is 17.8 Å². The van der Waals surface area contributed by atoms with Crippen LogP contribution in [0.15, 0.2) is 12.1 Å². The molecule has 2 unspecified atom stereocenters. The lowest BCUT2D eigenvalue weighted by Gasteiger charge is -2.39. The summed E-state index contributed by atoms with van der Waals surface area (Å²) >= 11 is 0. The highest BCUT2D eigenvalue weighted by Crippen LogP contribution is 2.27. The van der Waals surface area contributed by atoms with Crippen molar-refractivity contribution in [1.82, 2.24) is 20.8 Å². The standard InChI is InChI=1S/C15H23N5O/c1-16-15(21)12-7-8-14(19-18-12)20-10-3-2-6-13(20)11-5-4-9-17-11/h7-8,11,13,17H,2-6,9-10H2,1H3,(H,16,21). The van der Waals surface area contributed by atoms with Gasteiger partial charge in [-0.3, -0.25) is 4.79 Å². The lowest BCUT2D eigenvalue weighted by atomic mass is 9.94. The first-order valence-electron chi connectivity index (χ1n) is 7.85. The maximum Gasteiger partial charge on any atom is 0.271 e. The molecule has 2 atom stereocenters. The van der Waals surface area contributed by atoms with Crippen LogP contribution >= 0.6 is 0 Å².